The summed E-state index contributed by atoms with van der Waals surface area (Å²) in [5, 5.41) is 0. The summed E-state index contributed by atoms with van der Waals surface area (Å²) in [5.41, 5.74) is -1.38. The molecule has 0 atom stereocenters. The van der Waals surface area contributed by atoms with Crippen molar-refractivity contribution in [3.05, 3.63) is 0 Å². The topological polar surface area (TPSA) is 36.9 Å². The van der Waals surface area contributed by atoms with Gasteiger partial charge in [0.1, 0.15) is 0 Å². The van der Waals surface area contributed by atoms with Crippen LogP contribution in [0.5, 0.6) is 0 Å². The Morgan fingerprint density at radius 2 is 0.586 bits per heavy atom. The fourth-order valence-corrected chi connectivity index (χ4v) is 16.2. The van der Waals surface area contributed by atoms with Crippen molar-refractivity contribution >= 4 is 0 Å². The third kappa shape index (κ3) is 12.4. The molecule has 0 aromatic carbocycles. The van der Waals surface area contributed by atoms with Gasteiger partial charge in [0.25, 0.3) is 0 Å². The molecule has 0 spiro atoms. The van der Waals surface area contributed by atoms with Crippen molar-refractivity contribution in [3.8, 4) is 0 Å². The molecule has 0 aliphatic heterocycles. The van der Waals surface area contributed by atoms with Crippen molar-refractivity contribution in [1.29, 1.82) is 0 Å². The molecular formula is C24H52HfO4. The molecule has 29 heavy (non-hydrogen) atoms. The van der Waals surface area contributed by atoms with Crippen molar-refractivity contribution in [2.75, 3.05) is 0 Å². The quantitative estimate of drug-likeness (QED) is 0.172. The molecular weight excluding hydrogens is 531 g/mol. The number of hydrogen-bond acceptors (Lipinski definition) is 4. The van der Waals surface area contributed by atoms with E-state index in [4.69, 9.17) is 11.4 Å². The van der Waals surface area contributed by atoms with Crippen molar-refractivity contribution in [2.24, 2.45) is 0 Å². The second-order valence-electron chi connectivity index (χ2n) is 10.9. The Labute approximate surface area is 189 Å². The first-order valence-corrected chi connectivity index (χ1v) is 17.7. The van der Waals surface area contributed by atoms with Crippen LogP contribution in [-0.4, -0.2) is 22.4 Å². The maximum atomic E-state index is 6.87. The van der Waals surface area contributed by atoms with Gasteiger partial charge >= 0.3 is 190 Å². The molecule has 176 valence electrons. The third-order valence-electron chi connectivity index (χ3n) is 5.01. The molecule has 4 nitrogen and oxygen atoms in total. The van der Waals surface area contributed by atoms with Crippen LogP contribution >= 0.6 is 0 Å². The molecule has 0 rings (SSSR count). The fourth-order valence-electron chi connectivity index (χ4n) is 4.09. The molecule has 0 aromatic heterocycles. The van der Waals surface area contributed by atoms with E-state index in [1.54, 1.807) is 0 Å². The molecule has 0 bridgehead atoms. The van der Waals surface area contributed by atoms with E-state index in [0.29, 0.717) is 0 Å². The zero-order valence-electron chi connectivity index (χ0n) is 21.8. The summed E-state index contributed by atoms with van der Waals surface area (Å²) in [6.07, 6.45) is 7.97. The molecule has 0 saturated carbocycles. The van der Waals surface area contributed by atoms with Crippen molar-refractivity contribution in [1.82, 2.24) is 0 Å². The van der Waals surface area contributed by atoms with Crippen LogP contribution < -0.4 is 0 Å². The average molecular weight is 583 g/mol. The van der Waals surface area contributed by atoms with Gasteiger partial charge in [0, 0.05) is 0 Å². The molecule has 5 heteroatoms. The summed E-state index contributed by atoms with van der Waals surface area (Å²) in [6, 6.07) is 0. The van der Waals surface area contributed by atoms with Crippen LogP contribution in [0.25, 0.3) is 0 Å². The summed E-state index contributed by atoms with van der Waals surface area (Å²) in [7, 11) is 0. The van der Waals surface area contributed by atoms with Crippen LogP contribution in [0.15, 0.2) is 0 Å². The first-order chi connectivity index (χ1) is 13.1. The van der Waals surface area contributed by atoms with Gasteiger partial charge in [-0.15, -0.1) is 0 Å². The van der Waals surface area contributed by atoms with E-state index in [0.717, 1.165) is 51.4 Å². The Balaban J connectivity index is 6.27. The zero-order valence-corrected chi connectivity index (χ0v) is 25.4. The Bertz CT molecular complexity index is 372. The van der Waals surface area contributed by atoms with Gasteiger partial charge in [-0.2, -0.15) is 0 Å². The Morgan fingerprint density at radius 3 is 0.724 bits per heavy atom. The molecule has 0 unspecified atom stereocenters. The van der Waals surface area contributed by atoms with Crippen LogP contribution in [0.2, 0.25) is 0 Å². The van der Waals surface area contributed by atoms with Crippen LogP contribution in [0.4, 0.5) is 0 Å². The fraction of sp³-hybridized carbons (Fsp3) is 1.00. The van der Waals surface area contributed by atoms with Crippen LogP contribution in [0.3, 0.4) is 0 Å². The Kier molecular flexibility index (Phi) is 12.4. The third-order valence-corrected chi connectivity index (χ3v) is 16.5. The summed E-state index contributed by atoms with van der Waals surface area (Å²) in [4.78, 5) is 0. The standard InChI is InChI=1S/4C6H13O.Hf/c4*1-4-5-6(2,3)7;/h4*4-5H2,1-3H3;/q4*-1;+4. The monoisotopic (exact) mass is 584 g/mol. The Hall–Kier alpha value is 0.710. The summed E-state index contributed by atoms with van der Waals surface area (Å²) in [5.74, 6) is 0. The van der Waals surface area contributed by atoms with Gasteiger partial charge in [-0.3, -0.25) is 0 Å². The minimum absolute atomic E-state index is 0.344. The molecule has 0 saturated heterocycles. The first-order valence-electron chi connectivity index (χ1n) is 11.9. The average Bonchev–Trinajstić information content (AvgIpc) is 2.43. The molecule has 0 aliphatic carbocycles. The van der Waals surface area contributed by atoms with E-state index >= 15 is 0 Å². The van der Waals surface area contributed by atoms with Gasteiger partial charge in [0.2, 0.25) is 0 Å². The molecule has 0 aromatic rings. The summed E-state index contributed by atoms with van der Waals surface area (Å²) < 4.78 is 27.5. The molecule has 0 N–H and O–H groups in total. The van der Waals surface area contributed by atoms with Crippen molar-refractivity contribution < 1.29 is 33.1 Å². The van der Waals surface area contributed by atoms with Crippen LogP contribution in [-0.2, 0) is 33.1 Å². The van der Waals surface area contributed by atoms with Gasteiger partial charge in [-0.1, -0.05) is 0 Å². The zero-order chi connectivity index (χ0) is 23.0. The first kappa shape index (κ1) is 29.7. The predicted molar refractivity (Wildman–Crippen MR) is 120 cm³/mol. The molecule has 0 radical (unpaired) electrons. The molecule has 0 fully saturated rings. The van der Waals surface area contributed by atoms with Crippen LogP contribution in [0, 0.1) is 0 Å². The normalized spacial score (nSPS) is 14.5. The Morgan fingerprint density at radius 1 is 0.414 bits per heavy atom. The van der Waals surface area contributed by atoms with Crippen molar-refractivity contribution in [2.45, 2.75) is 157 Å². The summed E-state index contributed by atoms with van der Waals surface area (Å²) in [6.45, 7) is 25.9. The predicted octanol–water partition coefficient (Wildman–Crippen LogP) is 8.18. The van der Waals surface area contributed by atoms with Gasteiger partial charge in [-0.25, -0.2) is 0 Å². The number of rotatable bonds is 16. The second kappa shape index (κ2) is 12.1. The van der Waals surface area contributed by atoms with E-state index < -0.39 is 21.7 Å². The SMILES string of the molecule is CCCC(C)(C)[O][Hf]([O]C(C)(C)CCC)([O]C(C)(C)CCC)[O]C(C)(C)CCC. The van der Waals surface area contributed by atoms with E-state index in [2.05, 4.69) is 83.1 Å². The van der Waals surface area contributed by atoms with E-state index in [1.807, 2.05) is 0 Å². The molecule has 0 aliphatic rings. The molecule has 0 heterocycles. The van der Waals surface area contributed by atoms with Crippen molar-refractivity contribution in [3.63, 3.8) is 0 Å². The molecule has 0 amide bonds. The maximum absolute atomic E-state index is 6.87. The minimum atomic E-state index is -4.64. The van der Waals surface area contributed by atoms with Gasteiger partial charge < -0.3 is 0 Å². The van der Waals surface area contributed by atoms with E-state index in [9.17, 15) is 0 Å². The second-order valence-corrected chi connectivity index (χ2v) is 17.5. The van der Waals surface area contributed by atoms with E-state index in [-0.39, 0.29) is 22.4 Å². The van der Waals surface area contributed by atoms with E-state index in [1.165, 1.54) is 0 Å². The van der Waals surface area contributed by atoms with Crippen LogP contribution in [0.1, 0.15) is 134 Å². The van der Waals surface area contributed by atoms with Gasteiger partial charge in [-0.05, 0) is 0 Å². The van der Waals surface area contributed by atoms with Gasteiger partial charge in [0.15, 0.2) is 0 Å². The number of hydrogen-bond donors (Lipinski definition) is 0. The van der Waals surface area contributed by atoms with Gasteiger partial charge in [0.05, 0.1) is 0 Å². The summed E-state index contributed by atoms with van der Waals surface area (Å²) >= 11 is -4.64.